The summed E-state index contributed by atoms with van der Waals surface area (Å²) in [5, 5.41) is 9.50. The summed E-state index contributed by atoms with van der Waals surface area (Å²) in [5.74, 6) is 0.472. The first-order valence-corrected chi connectivity index (χ1v) is 6.10. The van der Waals surface area contributed by atoms with Gasteiger partial charge in [-0.1, -0.05) is 6.07 Å². The van der Waals surface area contributed by atoms with Crippen LogP contribution in [0.4, 0.5) is 5.82 Å². The fraction of sp³-hybridized carbons (Fsp3) is 0.500. The van der Waals surface area contributed by atoms with E-state index >= 15 is 0 Å². The van der Waals surface area contributed by atoms with Gasteiger partial charge in [0.1, 0.15) is 5.82 Å². The summed E-state index contributed by atoms with van der Waals surface area (Å²) in [5.41, 5.74) is 5.33. The number of anilines is 1. The number of hydrogen-bond donors (Lipinski definition) is 3. The van der Waals surface area contributed by atoms with Gasteiger partial charge in [0.25, 0.3) is 5.91 Å². The lowest BCUT2D eigenvalue weighted by Crippen LogP contribution is -2.45. The Labute approximate surface area is 106 Å². The van der Waals surface area contributed by atoms with Crippen LogP contribution in [0.5, 0.6) is 0 Å². The second-order valence-corrected chi connectivity index (χ2v) is 4.42. The molecule has 3 N–H and O–H groups in total. The number of β-amino-alcohol motifs (C(OH)–C–C–N with tert-alkyl or cyclic N) is 1. The Balaban J connectivity index is 1.72. The molecule has 6 heteroatoms. The van der Waals surface area contributed by atoms with Crippen LogP contribution in [0.1, 0.15) is 12.8 Å². The maximum Gasteiger partial charge on any atom is 0.252 e. The Morgan fingerprint density at radius 2 is 2.44 bits per heavy atom. The van der Waals surface area contributed by atoms with Crippen molar-refractivity contribution in [2.45, 2.75) is 18.9 Å². The molecule has 0 aromatic carbocycles. The molecule has 1 saturated heterocycles. The summed E-state index contributed by atoms with van der Waals surface area (Å²) in [6, 6.07) is 5.41. The zero-order chi connectivity index (χ0) is 12.8. The van der Waals surface area contributed by atoms with E-state index in [1.807, 2.05) is 17.0 Å². The highest BCUT2D eigenvalue weighted by atomic mass is 16.3. The second kappa shape index (κ2) is 6.32. The molecule has 6 nitrogen and oxygen atoms in total. The molecule has 0 aliphatic carbocycles. The van der Waals surface area contributed by atoms with E-state index in [1.165, 1.54) is 0 Å². The number of pyridine rings is 1. The molecule has 1 aliphatic heterocycles. The van der Waals surface area contributed by atoms with E-state index in [4.69, 9.17) is 0 Å². The van der Waals surface area contributed by atoms with E-state index in [2.05, 4.69) is 15.8 Å². The van der Waals surface area contributed by atoms with Gasteiger partial charge in [0, 0.05) is 12.7 Å². The molecule has 0 unspecified atom stereocenters. The van der Waals surface area contributed by atoms with Gasteiger partial charge in [0.2, 0.25) is 0 Å². The molecule has 1 aliphatic rings. The first kappa shape index (κ1) is 12.8. The molecule has 98 valence electrons. The van der Waals surface area contributed by atoms with Crippen LogP contribution in [0.25, 0.3) is 0 Å². The van der Waals surface area contributed by atoms with Gasteiger partial charge < -0.3 is 5.11 Å². The van der Waals surface area contributed by atoms with Gasteiger partial charge in [-0.25, -0.2) is 4.98 Å². The number of aliphatic hydroxyl groups is 1. The maximum absolute atomic E-state index is 11.7. The largest absolute Gasteiger partial charge is 0.392 e. The molecule has 0 saturated carbocycles. The Kier molecular flexibility index (Phi) is 4.49. The fourth-order valence-electron chi connectivity index (χ4n) is 1.99. The number of aromatic nitrogens is 1. The van der Waals surface area contributed by atoms with Crippen LogP contribution in [-0.4, -0.2) is 46.6 Å². The number of carbonyl (C=O) groups excluding carboxylic acids is 1. The van der Waals surface area contributed by atoms with Gasteiger partial charge in [-0.3, -0.25) is 20.5 Å². The number of piperidine rings is 1. The normalized spacial score (nSPS) is 20.4. The van der Waals surface area contributed by atoms with Crippen molar-refractivity contribution >= 4 is 11.7 Å². The number of hydrazine groups is 1. The predicted octanol–water partition coefficient (Wildman–Crippen LogP) is -0.0186. The molecule has 18 heavy (non-hydrogen) atoms. The first-order valence-electron chi connectivity index (χ1n) is 6.10. The third kappa shape index (κ3) is 3.97. The zero-order valence-corrected chi connectivity index (χ0v) is 10.2. The van der Waals surface area contributed by atoms with Crippen molar-refractivity contribution in [3.05, 3.63) is 24.4 Å². The number of likely N-dealkylation sites (tertiary alicyclic amines) is 1. The quantitative estimate of drug-likeness (QED) is 0.655. The molecule has 1 fully saturated rings. The van der Waals surface area contributed by atoms with E-state index in [0.29, 0.717) is 12.4 Å². The molecular weight excluding hydrogens is 232 g/mol. The highest BCUT2D eigenvalue weighted by molar-refractivity contribution is 5.79. The second-order valence-electron chi connectivity index (χ2n) is 4.42. The number of aliphatic hydroxyl groups excluding tert-OH is 1. The predicted molar refractivity (Wildman–Crippen MR) is 67.7 cm³/mol. The van der Waals surface area contributed by atoms with Gasteiger partial charge >= 0.3 is 0 Å². The Morgan fingerprint density at radius 3 is 3.17 bits per heavy atom. The molecule has 1 amide bonds. The highest BCUT2D eigenvalue weighted by Gasteiger charge is 2.19. The third-order valence-electron chi connectivity index (χ3n) is 2.84. The fourth-order valence-corrected chi connectivity index (χ4v) is 1.99. The van der Waals surface area contributed by atoms with Crippen LogP contribution in [0, 0.1) is 0 Å². The van der Waals surface area contributed by atoms with Crippen LogP contribution in [0.15, 0.2) is 24.4 Å². The van der Waals surface area contributed by atoms with Crippen molar-refractivity contribution in [3.8, 4) is 0 Å². The summed E-state index contributed by atoms with van der Waals surface area (Å²) in [6.07, 6.45) is 3.09. The van der Waals surface area contributed by atoms with Crippen molar-refractivity contribution in [2.24, 2.45) is 0 Å². The van der Waals surface area contributed by atoms with E-state index in [1.54, 1.807) is 12.3 Å². The van der Waals surface area contributed by atoms with E-state index in [9.17, 15) is 9.90 Å². The van der Waals surface area contributed by atoms with Gasteiger partial charge in [0.15, 0.2) is 0 Å². The van der Waals surface area contributed by atoms with Gasteiger partial charge in [-0.2, -0.15) is 0 Å². The molecule has 1 aromatic rings. The van der Waals surface area contributed by atoms with Crippen LogP contribution < -0.4 is 10.9 Å². The maximum atomic E-state index is 11.7. The van der Waals surface area contributed by atoms with Crippen molar-refractivity contribution in [2.75, 3.05) is 25.1 Å². The van der Waals surface area contributed by atoms with Crippen molar-refractivity contribution < 1.29 is 9.90 Å². The van der Waals surface area contributed by atoms with Crippen LogP contribution in [0.2, 0.25) is 0 Å². The summed E-state index contributed by atoms with van der Waals surface area (Å²) >= 11 is 0. The summed E-state index contributed by atoms with van der Waals surface area (Å²) in [6.45, 7) is 1.71. The number of rotatable bonds is 4. The first-order chi connectivity index (χ1) is 8.74. The Bertz CT molecular complexity index is 385. The lowest BCUT2D eigenvalue weighted by molar-refractivity contribution is -0.122. The van der Waals surface area contributed by atoms with Crippen molar-refractivity contribution in [3.63, 3.8) is 0 Å². The molecular formula is C12H18N4O2. The van der Waals surface area contributed by atoms with Crippen molar-refractivity contribution in [1.29, 1.82) is 0 Å². The van der Waals surface area contributed by atoms with Crippen LogP contribution >= 0.6 is 0 Å². The lowest BCUT2D eigenvalue weighted by atomic mass is 10.1. The number of amides is 1. The summed E-state index contributed by atoms with van der Waals surface area (Å²) in [4.78, 5) is 17.6. The van der Waals surface area contributed by atoms with Gasteiger partial charge in [0.05, 0.1) is 12.6 Å². The summed E-state index contributed by atoms with van der Waals surface area (Å²) in [7, 11) is 0. The minimum absolute atomic E-state index is 0.130. The Hall–Kier alpha value is -1.66. The lowest BCUT2D eigenvalue weighted by Gasteiger charge is -2.29. The highest BCUT2D eigenvalue weighted by Crippen LogP contribution is 2.08. The molecule has 0 bridgehead atoms. The van der Waals surface area contributed by atoms with Gasteiger partial charge in [-0.05, 0) is 31.5 Å². The van der Waals surface area contributed by atoms with Crippen LogP contribution in [0.3, 0.4) is 0 Å². The average molecular weight is 250 g/mol. The number of nitrogens with zero attached hydrogens (tertiary/aromatic N) is 2. The van der Waals surface area contributed by atoms with Crippen LogP contribution in [-0.2, 0) is 4.79 Å². The SMILES string of the molecule is O=C(CN1CCC[C@H](O)C1)NNc1ccccn1. The topological polar surface area (TPSA) is 77.5 Å². The monoisotopic (exact) mass is 250 g/mol. The molecule has 0 radical (unpaired) electrons. The molecule has 2 heterocycles. The smallest absolute Gasteiger partial charge is 0.252 e. The van der Waals surface area contributed by atoms with E-state index in [0.717, 1.165) is 19.4 Å². The molecule has 1 atom stereocenters. The number of hydrogen-bond acceptors (Lipinski definition) is 5. The zero-order valence-electron chi connectivity index (χ0n) is 10.2. The summed E-state index contributed by atoms with van der Waals surface area (Å²) < 4.78 is 0. The van der Waals surface area contributed by atoms with Crippen molar-refractivity contribution in [1.82, 2.24) is 15.3 Å². The molecule has 0 spiro atoms. The average Bonchev–Trinajstić information content (AvgIpc) is 2.38. The minimum atomic E-state index is -0.310. The standard InChI is InChI=1S/C12H18N4O2/c17-10-4-3-7-16(8-10)9-12(18)15-14-11-5-1-2-6-13-11/h1-2,5-6,10,17H,3-4,7-9H2,(H,13,14)(H,15,18)/t10-/m0/s1. The number of nitrogens with one attached hydrogen (secondary N) is 2. The Morgan fingerprint density at radius 1 is 1.56 bits per heavy atom. The van der Waals surface area contributed by atoms with Gasteiger partial charge in [-0.15, -0.1) is 0 Å². The minimum Gasteiger partial charge on any atom is -0.392 e. The van der Waals surface area contributed by atoms with E-state index < -0.39 is 0 Å². The third-order valence-corrected chi connectivity index (χ3v) is 2.84. The number of carbonyl (C=O) groups is 1. The molecule has 2 rings (SSSR count). The van der Waals surface area contributed by atoms with E-state index in [-0.39, 0.29) is 18.6 Å². The molecule has 1 aromatic heterocycles.